The van der Waals surface area contributed by atoms with Gasteiger partial charge in [-0.15, -0.1) is 0 Å². The third-order valence-corrected chi connectivity index (χ3v) is 5.22. The van der Waals surface area contributed by atoms with Crippen molar-refractivity contribution in [3.05, 3.63) is 28.5 Å². The molecule has 108 valence electrons. The van der Waals surface area contributed by atoms with E-state index in [4.69, 9.17) is 0 Å². The number of aromatic nitrogens is 1. The average Bonchev–Trinajstić information content (AvgIpc) is 2.98. The van der Waals surface area contributed by atoms with Crippen LogP contribution >= 0.6 is 15.9 Å². The first-order valence-electron chi connectivity index (χ1n) is 7.14. The summed E-state index contributed by atoms with van der Waals surface area (Å²) in [5.41, 5.74) is 1.16. The molecule has 3 rings (SSSR count). The molecular formula is C15H19BrN2O2. The van der Waals surface area contributed by atoms with E-state index < -0.39 is 5.97 Å². The number of hydrogen-bond donors (Lipinski definition) is 1. The fourth-order valence-corrected chi connectivity index (χ4v) is 4.33. The van der Waals surface area contributed by atoms with Gasteiger partial charge >= 0.3 is 5.97 Å². The Morgan fingerprint density at radius 3 is 2.85 bits per heavy atom. The number of pyridine rings is 1. The average molecular weight is 339 g/mol. The maximum atomic E-state index is 11.6. The van der Waals surface area contributed by atoms with Crippen LogP contribution in [0.15, 0.2) is 22.9 Å². The molecule has 1 saturated heterocycles. The summed E-state index contributed by atoms with van der Waals surface area (Å²) in [6.07, 6.45) is 8.12. The molecular weight excluding hydrogens is 320 g/mol. The summed E-state index contributed by atoms with van der Waals surface area (Å²) in [7, 11) is 0. The van der Waals surface area contributed by atoms with Crippen molar-refractivity contribution in [3.8, 4) is 0 Å². The summed E-state index contributed by atoms with van der Waals surface area (Å²) in [6, 6.07) is 2.06. The van der Waals surface area contributed by atoms with Gasteiger partial charge in [-0.2, -0.15) is 0 Å². The van der Waals surface area contributed by atoms with Crippen LogP contribution in [0.2, 0.25) is 0 Å². The predicted octanol–water partition coefficient (Wildman–Crippen LogP) is 2.92. The minimum atomic E-state index is -0.623. The van der Waals surface area contributed by atoms with Gasteiger partial charge in [-0.1, -0.05) is 12.8 Å². The van der Waals surface area contributed by atoms with Crippen LogP contribution in [0.4, 0.5) is 0 Å². The second kappa shape index (κ2) is 5.45. The number of halogens is 1. The van der Waals surface area contributed by atoms with Crippen LogP contribution in [0.1, 0.15) is 31.2 Å². The fourth-order valence-electron chi connectivity index (χ4n) is 3.92. The molecule has 0 aromatic carbocycles. The van der Waals surface area contributed by atoms with Crippen LogP contribution in [0.5, 0.6) is 0 Å². The molecule has 1 N–H and O–H groups in total. The first-order valence-corrected chi connectivity index (χ1v) is 7.93. The van der Waals surface area contributed by atoms with Crippen LogP contribution in [-0.4, -0.2) is 34.0 Å². The number of hydrogen-bond acceptors (Lipinski definition) is 3. The van der Waals surface area contributed by atoms with Gasteiger partial charge in [-0.05, 0) is 45.8 Å². The number of aliphatic carboxylic acids is 1. The van der Waals surface area contributed by atoms with Crippen molar-refractivity contribution < 1.29 is 9.90 Å². The molecule has 0 radical (unpaired) electrons. The third-order valence-electron chi connectivity index (χ3n) is 4.78. The largest absolute Gasteiger partial charge is 0.481 e. The molecule has 1 aromatic heterocycles. The van der Waals surface area contributed by atoms with Gasteiger partial charge in [0.25, 0.3) is 0 Å². The van der Waals surface area contributed by atoms with Crippen LogP contribution < -0.4 is 0 Å². The van der Waals surface area contributed by atoms with Crippen molar-refractivity contribution in [2.45, 2.75) is 32.2 Å². The first kappa shape index (κ1) is 14.0. The van der Waals surface area contributed by atoms with E-state index in [1.807, 2.05) is 6.20 Å². The summed E-state index contributed by atoms with van der Waals surface area (Å²) in [5.74, 6) is -0.827. The Morgan fingerprint density at radius 1 is 1.45 bits per heavy atom. The van der Waals surface area contributed by atoms with E-state index in [9.17, 15) is 9.90 Å². The zero-order valence-electron chi connectivity index (χ0n) is 11.4. The van der Waals surface area contributed by atoms with E-state index >= 15 is 0 Å². The van der Waals surface area contributed by atoms with Gasteiger partial charge < -0.3 is 5.11 Å². The zero-order chi connectivity index (χ0) is 14.2. The van der Waals surface area contributed by atoms with E-state index in [0.29, 0.717) is 6.54 Å². The molecule has 1 spiro atoms. The summed E-state index contributed by atoms with van der Waals surface area (Å²) < 4.78 is 0.972. The van der Waals surface area contributed by atoms with Gasteiger partial charge in [-0.3, -0.25) is 14.7 Å². The molecule has 2 fully saturated rings. The Labute approximate surface area is 127 Å². The summed E-state index contributed by atoms with van der Waals surface area (Å²) in [4.78, 5) is 18.0. The van der Waals surface area contributed by atoms with Gasteiger partial charge in [0.15, 0.2) is 0 Å². The zero-order valence-corrected chi connectivity index (χ0v) is 13.0. The number of likely N-dealkylation sites (tertiary alicyclic amines) is 1. The molecule has 1 aliphatic carbocycles. The van der Waals surface area contributed by atoms with Crippen molar-refractivity contribution in [1.29, 1.82) is 0 Å². The van der Waals surface area contributed by atoms with E-state index in [0.717, 1.165) is 36.0 Å². The molecule has 2 heterocycles. The Kier molecular flexibility index (Phi) is 3.82. The predicted molar refractivity (Wildman–Crippen MR) is 79.2 cm³/mol. The van der Waals surface area contributed by atoms with E-state index in [1.165, 1.54) is 12.8 Å². The van der Waals surface area contributed by atoms with Gasteiger partial charge in [0, 0.05) is 36.5 Å². The van der Waals surface area contributed by atoms with Crippen molar-refractivity contribution in [2.24, 2.45) is 11.3 Å². The number of rotatable bonds is 3. The maximum absolute atomic E-state index is 11.6. The third kappa shape index (κ3) is 2.61. The lowest BCUT2D eigenvalue weighted by atomic mass is 9.77. The lowest BCUT2D eigenvalue weighted by Gasteiger charge is -2.27. The van der Waals surface area contributed by atoms with Crippen molar-refractivity contribution in [2.75, 3.05) is 13.1 Å². The Bertz CT molecular complexity index is 514. The highest BCUT2D eigenvalue weighted by Crippen LogP contribution is 2.49. The first-order chi connectivity index (χ1) is 9.59. The molecule has 0 bridgehead atoms. The minimum absolute atomic E-state index is 0.0191. The van der Waals surface area contributed by atoms with Crippen LogP contribution in [0.3, 0.4) is 0 Å². The number of carbonyl (C=O) groups is 1. The summed E-state index contributed by atoms with van der Waals surface area (Å²) in [6.45, 7) is 2.37. The molecule has 1 saturated carbocycles. The topological polar surface area (TPSA) is 53.4 Å². The Balaban J connectivity index is 1.75. The maximum Gasteiger partial charge on any atom is 0.308 e. The van der Waals surface area contributed by atoms with E-state index in [2.05, 4.69) is 31.9 Å². The minimum Gasteiger partial charge on any atom is -0.481 e. The molecule has 1 aromatic rings. The summed E-state index contributed by atoms with van der Waals surface area (Å²) in [5, 5.41) is 9.52. The van der Waals surface area contributed by atoms with Gasteiger partial charge in [-0.25, -0.2) is 0 Å². The van der Waals surface area contributed by atoms with E-state index in [1.54, 1.807) is 6.20 Å². The quantitative estimate of drug-likeness (QED) is 0.920. The Hall–Kier alpha value is -0.940. The highest BCUT2D eigenvalue weighted by Gasteiger charge is 2.51. The smallest absolute Gasteiger partial charge is 0.308 e. The van der Waals surface area contributed by atoms with Gasteiger partial charge in [0.05, 0.1) is 5.92 Å². The second-order valence-corrected chi connectivity index (χ2v) is 7.06. The van der Waals surface area contributed by atoms with Gasteiger partial charge in [0.2, 0.25) is 0 Å². The lowest BCUT2D eigenvalue weighted by Crippen LogP contribution is -2.32. The Morgan fingerprint density at radius 2 is 2.20 bits per heavy atom. The van der Waals surface area contributed by atoms with Gasteiger partial charge in [0.1, 0.15) is 0 Å². The molecule has 1 atom stereocenters. The highest BCUT2D eigenvalue weighted by molar-refractivity contribution is 9.10. The monoisotopic (exact) mass is 338 g/mol. The number of carboxylic acids is 1. The van der Waals surface area contributed by atoms with Crippen LogP contribution in [-0.2, 0) is 11.3 Å². The molecule has 20 heavy (non-hydrogen) atoms. The molecule has 1 unspecified atom stereocenters. The standard InChI is InChI=1S/C15H19BrN2O2/c16-12-5-11(6-17-7-12)8-18-9-13(14(19)20)15(10-18)3-1-2-4-15/h5-7,13H,1-4,8-10H2,(H,19,20). The van der Waals surface area contributed by atoms with E-state index in [-0.39, 0.29) is 11.3 Å². The number of nitrogens with zero attached hydrogens (tertiary/aromatic N) is 2. The van der Waals surface area contributed by atoms with Crippen molar-refractivity contribution in [1.82, 2.24) is 9.88 Å². The van der Waals surface area contributed by atoms with Crippen molar-refractivity contribution in [3.63, 3.8) is 0 Å². The molecule has 4 nitrogen and oxygen atoms in total. The fraction of sp³-hybridized carbons (Fsp3) is 0.600. The molecule has 0 amide bonds. The lowest BCUT2D eigenvalue weighted by molar-refractivity contribution is -0.144. The van der Waals surface area contributed by atoms with Crippen LogP contribution in [0, 0.1) is 11.3 Å². The summed E-state index contributed by atoms with van der Waals surface area (Å²) >= 11 is 3.43. The molecule has 1 aliphatic heterocycles. The van der Waals surface area contributed by atoms with Crippen molar-refractivity contribution >= 4 is 21.9 Å². The molecule has 2 aliphatic rings. The normalized spacial score (nSPS) is 25.4. The highest BCUT2D eigenvalue weighted by atomic mass is 79.9. The molecule has 5 heteroatoms. The SMILES string of the molecule is O=C(O)C1CN(Cc2cncc(Br)c2)CC12CCCC2. The van der Waals surface area contributed by atoms with Crippen LogP contribution in [0.25, 0.3) is 0 Å². The number of carboxylic acid groups (broad SMARTS) is 1. The second-order valence-electron chi connectivity index (χ2n) is 6.14.